The number of nitrogens with one attached hydrogen (secondary N) is 1. The fraction of sp³-hybridized carbons (Fsp3) is 0.312. The number of benzene rings is 1. The number of esters is 1. The van der Waals surface area contributed by atoms with E-state index in [0.29, 0.717) is 33.8 Å². The molecule has 1 heterocycles. The molecule has 2 aromatic rings. The summed E-state index contributed by atoms with van der Waals surface area (Å²) in [4.78, 5) is 16.5. The van der Waals surface area contributed by atoms with Crippen LogP contribution in [0.25, 0.3) is 0 Å². The lowest BCUT2D eigenvalue weighted by Crippen LogP contribution is -2.03. The van der Waals surface area contributed by atoms with Crippen LogP contribution >= 0.6 is 11.3 Å². The van der Waals surface area contributed by atoms with E-state index in [9.17, 15) is 4.79 Å². The van der Waals surface area contributed by atoms with E-state index in [0.717, 1.165) is 5.56 Å². The molecule has 7 nitrogen and oxygen atoms in total. The summed E-state index contributed by atoms with van der Waals surface area (Å²) in [6, 6.07) is 5.41. The maximum absolute atomic E-state index is 11.8. The molecule has 0 aliphatic heterocycles. The molecule has 24 heavy (non-hydrogen) atoms. The van der Waals surface area contributed by atoms with Crippen LogP contribution in [0.15, 0.2) is 23.3 Å². The minimum Gasteiger partial charge on any atom is -0.497 e. The van der Waals surface area contributed by atoms with Crippen LogP contribution in [0.3, 0.4) is 0 Å². The van der Waals surface area contributed by atoms with Gasteiger partial charge in [0.1, 0.15) is 16.4 Å². The Hall–Kier alpha value is -2.61. The number of methoxy groups -OCH3 is 2. The summed E-state index contributed by atoms with van der Waals surface area (Å²) < 4.78 is 15.5. The molecule has 0 spiro atoms. The number of aryl methyl sites for hydroxylation is 1. The van der Waals surface area contributed by atoms with Gasteiger partial charge in [-0.3, -0.25) is 5.43 Å². The molecule has 0 amide bonds. The molecule has 0 saturated carbocycles. The van der Waals surface area contributed by atoms with Gasteiger partial charge in [-0.2, -0.15) is 5.10 Å². The largest absolute Gasteiger partial charge is 0.497 e. The third-order valence-electron chi connectivity index (χ3n) is 3.06. The van der Waals surface area contributed by atoms with Crippen LogP contribution in [0, 0.1) is 6.92 Å². The highest BCUT2D eigenvalue weighted by Gasteiger charge is 2.15. The average molecular weight is 349 g/mol. The molecule has 0 aliphatic rings. The normalized spacial score (nSPS) is 10.7. The first-order valence-electron chi connectivity index (χ1n) is 7.24. The number of thiazole rings is 1. The number of anilines is 1. The zero-order valence-corrected chi connectivity index (χ0v) is 14.8. The van der Waals surface area contributed by atoms with Crippen molar-refractivity contribution in [1.29, 1.82) is 0 Å². The third-order valence-corrected chi connectivity index (χ3v) is 4.10. The number of hydrazone groups is 1. The Bertz CT molecular complexity index is 743. The Morgan fingerprint density at radius 1 is 1.38 bits per heavy atom. The van der Waals surface area contributed by atoms with Crippen molar-refractivity contribution in [3.8, 4) is 11.5 Å². The van der Waals surface area contributed by atoms with Crippen LogP contribution in [0.1, 0.15) is 27.9 Å². The standard InChI is InChI=1S/C16H19N3O4S/c1-5-23-15(20)14-10(2)18-16(24-14)19-17-9-11-8-12(21-3)6-7-13(11)22-4/h6-9H,5H2,1-4H3,(H,18,19)/b17-9-. The fourth-order valence-electron chi connectivity index (χ4n) is 1.93. The summed E-state index contributed by atoms with van der Waals surface area (Å²) in [6.07, 6.45) is 1.60. The highest BCUT2D eigenvalue weighted by atomic mass is 32.1. The van der Waals surface area contributed by atoms with Crippen LogP contribution in [0.5, 0.6) is 11.5 Å². The van der Waals surface area contributed by atoms with E-state index in [1.807, 2.05) is 0 Å². The van der Waals surface area contributed by atoms with Gasteiger partial charge in [0.15, 0.2) is 0 Å². The number of rotatable bonds is 7. The maximum atomic E-state index is 11.8. The zero-order valence-electron chi connectivity index (χ0n) is 14.0. The molecule has 0 saturated heterocycles. The lowest BCUT2D eigenvalue weighted by Gasteiger charge is -2.06. The predicted octanol–water partition coefficient (Wildman–Crippen LogP) is 3.09. The van der Waals surface area contributed by atoms with Gasteiger partial charge in [0, 0.05) is 5.56 Å². The molecule has 0 bridgehead atoms. The second kappa shape index (κ2) is 8.30. The summed E-state index contributed by atoms with van der Waals surface area (Å²) in [5.74, 6) is 0.995. The van der Waals surface area contributed by atoms with Crippen LogP contribution in [-0.2, 0) is 4.74 Å². The first-order valence-corrected chi connectivity index (χ1v) is 8.06. The van der Waals surface area contributed by atoms with Gasteiger partial charge in [-0.1, -0.05) is 11.3 Å². The van der Waals surface area contributed by atoms with Crippen molar-refractivity contribution in [1.82, 2.24) is 4.98 Å². The predicted molar refractivity (Wildman–Crippen MR) is 93.6 cm³/mol. The van der Waals surface area contributed by atoms with E-state index in [2.05, 4.69) is 15.5 Å². The first-order chi connectivity index (χ1) is 11.6. The number of aromatic nitrogens is 1. The Morgan fingerprint density at radius 3 is 2.83 bits per heavy atom. The molecular formula is C16H19N3O4S. The zero-order chi connectivity index (χ0) is 17.5. The summed E-state index contributed by atoms with van der Waals surface area (Å²) in [5.41, 5.74) is 4.17. The molecule has 0 fully saturated rings. The Balaban J connectivity index is 2.12. The Kier molecular flexibility index (Phi) is 6.14. The highest BCUT2D eigenvalue weighted by Crippen LogP contribution is 2.24. The van der Waals surface area contributed by atoms with Crippen LogP contribution in [0.2, 0.25) is 0 Å². The van der Waals surface area contributed by atoms with E-state index in [4.69, 9.17) is 14.2 Å². The van der Waals surface area contributed by atoms with Crippen molar-refractivity contribution < 1.29 is 19.0 Å². The van der Waals surface area contributed by atoms with Crippen LogP contribution < -0.4 is 14.9 Å². The third kappa shape index (κ3) is 4.23. The van der Waals surface area contributed by atoms with E-state index in [1.54, 1.807) is 52.5 Å². The number of nitrogens with zero attached hydrogens (tertiary/aromatic N) is 2. The summed E-state index contributed by atoms with van der Waals surface area (Å²) in [6.45, 7) is 3.84. The van der Waals surface area contributed by atoms with Crippen LogP contribution in [0.4, 0.5) is 5.13 Å². The number of hydrogen-bond acceptors (Lipinski definition) is 8. The van der Waals surface area contributed by atoms with Crippen molar-refractivity contribution in [3.05, 3.63) is 34.3 Å². The molecule has 8 heteroatoms. The molecule has 1 aromatic heterocycles. The van der Waals surface area contributed by atoms with Gasteiger partial charge in [-0.15, -0.1) is 0 Å². The Labute approximate surface area is 144 Å². The molecule has 0 atom stereocenters. The topological polar surface area (TPSA) is 82.0 Å². The van der Waals surface area contributed by atoms with E-state index in [-0.39, 0.29) is 5.97 Å². The van der Waals surface area contributed by atoms with E-state index >= 15 is 0 Å². The van der Waals surface area contributed by atoms with Gasteiger partial charge < -0.3 is 14.2 Å². The number of hydrogen-bond donors (Lipinski definition) is 1. The summed E-state index contributed by atoms with van der Waals surface area (Å²) in [7, 11) is 3.18. The number of carbonyl (C=O) groups is 1. The quantitative estimate of drug-likeness (QED) is 0.470. The molecule has 1 aromatic carbocycles. The summed E-state index contributed by atoms with van der Waals surface area (Å²) in [5, 5.41) is 4.65. The van der Waals surface area contributed by atoms with Crippen molar-refractivity contribution in [2.24, 2.45) is 5.10 Å². The smallest absolute Gasteiger partial charge is 0.350 e. The minimum absolute atomic E-state index is 0.326. The fourth-order valence-corrected chi connectivity index (χ4v) is 2.74. The lowest BCUT2D eigenvalue weighted by atomic mass is 10.2. The monoisotopic (exact) mass is 349 g/mol. The lowest BCUT2D eigenvalue weighted by molar-refractivity contribution is 0.0531. The van der Waals surface area contributed by atoms with Crippen molar-refractivity contribution in [2.75, 3.05) is 26.3 Å². The van der Waals surface area contributed by atoms with Gasteiger partial charge in [-0.25, -0.2) is 9.78 Å². The number of carbonyl (C=O) groups excluding carboxylic acids is 1. The maximum Gasteiger partial charge on any atom is 0.350 e. The average Bonchev–Trinajstić information content (AvgIpc) is 2.95. The van der Waals surface area contributed by atoms with Crippen molar-refractivity contribution in [2.45, 2.75) is 13.8 Å². The summed E-state index contributed by atoms with van der Waals surface area (Å²) >= 11 is 1.19. The van der Waals surface area contributed by atoms with Gasteiger partial charge in [0.2, 0.25) is 5.13 Å². The molecule has 0 radical (unpaired) electrons. The SMILES string of the molecule is CCOC(=O)c1sc(N/N=C\c2cc(OC)ccc2OC)nc1C. The molecule has 128 valence electrons. The Morgan fingerprint density at radius 2 is 2.17 bits per heavy atom. The van der Waals surface area contributed by atoms with Gasteiger partial charge >= 0.3 is 5.97 Å². The van der Waals surface area contributed by atoms with E-state index in [1.165, 1.54) is 11.3 Å². The van der Waals surface area contributed by atoms with Crippen molar-refractivity contribution in [3.63, 3.8) is 0 Å². The molecule has 0 unspecified atom stereocenters. The molecule has 1 N–H and O–H groups in total. The van der Waals surface area contributed by atoms with Gasteiger partial charge in [-0.05, 0) is 32.0 Å². The number of ether oxygens (including phenoxy) is 3. The second-order valence-corrected chi connectivity index (χ2v) is 5.63. The molecular weight excluding hydrogens is 330 g/mol. The molecule has 0 aliphatic carbocycles. The van der Waals surface area contributed by atoms with Crippen LogP contribution in [-0.4, -0.2) is 38.0 Å². The molecule has 2 rings (SSSR count). The highest BCUT2D eigenvalue weighted by molar-refractivity contribution is 7.17. The minimum atomic E-state index is -0.376. The van der Waals surface area contributed by atoms with Gasteiger partial charge in [0.05, 0.1) is 32.7 Å². The van der Waals surface area contributed by atoms with Gasteiger partial charge in [0.25, 0.3) is 0 Å². The van der Waals surface area contributed by atoms with Crippen molar-refractivity contribution >= 4 is 28.7 Å². The van der Waals surface area contributed by atoms with E-state index < -0.39 is 0 Å². The first kappa shape index (κ1) is 17.7. The second-order valence-electron chi connectivity index (χ2n) is 4.63.